The molecular weight excluding hydrogens is 272 g/mol. The van der Waals surface area contributed by atoms with Crippen molar-refractivity contribution >= 4 is 17.5 Å². The first-order chi connectivity index (χ1) is 10.6. The summed E-state index contributed by atoms with van der Waals surface area (Å²) < 4.78 is 0. The molecule has 0 saturated carbocycles. The minimum Gasteiger partial charge on any atom is -0.341 e. The van der Waals surface area contributed by atoms with Gasteiger partial charge in [-0.1, -0.05) is 12.1 Å². The van der Waals surface area contributed by atoms with Crippen LogP contribution in [0.5, 0.6) is 0 Å². The van der Waals surface area contributed by atoms with Crippen molar-refractivity contribution < 1.29 is 0 Å². The molecular formula is C18H24N4. The zero-order chi connectivity index (χ0) is 15.5. The highest BCUT2D eigenvalue weighted by Gasteiger charge is 2.14. The van der Waals surface area contributed by atoms with Gasteiger partial charge in [0.15, 0.2) is 0 Å². The minimum absolute atomic E-state index is 0.854. The van der Waals surface area contributed by atoms with Crippen LogP contribution in [0.1, 0.15) is 36.1 Å². The average molecular weight is 296 g/mol. The third kappa shape index (κ3) is 3.38. The molecule has 1 fully saturated rings. The van der Waals surface area contributed by atoms with Crippen LogP contribution in [0.25, 0.3) is 0 Å². The van der Waals surface area contributed by atoms with E-state index in [0.717, 1.165) is 36.2 Å². The standard InChI is InChI=1S/C18H24N4/c1-13-7-8-14(2)16(11-13)20-17-12-15(3)19-18(21-17)22-9-5-4-6-10-22/h7-8,11-12H,4-6,9-10H2,1-3H3,(H,19,20,21). The van der Waals surface area contributed by atoms with E-state index in [1.807, 2.05) is 13.0 Å². The van der Waals surface area contributed by atoms with Gasteiger partial charge in [-0.25, -0.2) is 4.98 Å². The van der Waals surface area contributed by atoms with Gasteiger partial charge in [-0.05, 0) is 57.2 Å². The van der Waals surface area contributed by atoms with Gasteiger partial charge >= 0.3 is 0 Å². The smallest absolute Gasteiger partial charge is 0.227 e. The third-order valence-corrected chi connectivity index (χ3v) is 4.14. The molecule has 1 aromatic heterocycles. The Balaban J connectivity index is 1.87. The predicted octanol–water partition coefficient (Wildman–Crippen LogP) is 4.14. The SMILES string of the molecule is Cc1ccc(C)c(Nc2cc(C)nc(N3CCCCC3)n2)c1. The number of hydrogen-bond acceptors (Lipinski definition) is 4. The Kier molecular flexibility index (Phi) is 4.27. The van der Waals surface area contributed by atoms with Gasteiger partial charge in [0.05, 0.1) is 0 Å². The third-order valence-electron chi connectivity index (χ3n) is 4.14. The van der Waals surface area contributed by atoms with Gasteiger partial charge in [0.25, 0.3) is 0 Å². The molecule has 2 heterocycles. The van der Waals surface area contributed by atoms with E-state index < -0.39 is 0 Å². The second kappa shape index (κ2) is 6.34. The van der Waals surface area contributed by atoms with Crippen LogP contribution in [0.3, 0.4) is 0 Å². The van der Waals surface area contributed by atoms with Crippen molar-refractivity contribution in [2.75, 3.05) is 23.3 Å². The first kappa shape index (κ1) is 14.8. The highest BCUT2D eigenvalue weighted by Crippen LogP contribution is 2.23. The number of nitrogens with one attached hydrogen (secondary N) is 1. The average Bonchev–Trinajstić information content (AvgIpc) is 2.51. The number of rotatable bonds is 3. The number of benzene rings is 1. The number of hydrogen-bond donors (Lipinski definition) is 1. The molecule has 4 heteroatoms. The fourth-order valence-electron chi connectivity index (χ4n) is 2.86. The fourth-order valence-corrected chi connectivity index (χ4v) is 2.86. The van der Waals surface area contributed by atoms with Crippen molar-refractivity contribution in [3.05, 3.63) is 41.1 Å². The topological polar surface area (TPSA) is 41.1 Å². The van der Waals surface area contributed by atoms with Gasteiger partial charge in [0.2, 0.25) is 5.95 Å². The maximum atomic E-state index is 4.73. The molecule has 1 saturated heterocycles. The van der Waals surface area contributed by atoms with E-state index in [9.17, 15) is 0 Å². The minimum atomic E-state index is 0.854. The predicted molar refractivity (Wildman–Crippen MR) is 92.0 cm³/mol. The van der Waals surface area contributed by atoms with Crippen LogP contribution in [0.4, 0.5) is 17.5 Å². The summed E-state index contributed by atoms with van der Waals surface area (Å²) in [6.07, 6.45) is 3.78. The monoisotopic (exact) mass is 296 g/mol. The van der Waals surface area contributed by atoms with Gasteiger partial charge in [0.1, 0.15) is 5.82 Å². The molecule has 0 radical (unpaired) electrons. The Morgan fingerprint density at radius 3 is 2.50 bits per heavy atom. The molecule has 0 aliphatic carbocycles. The molecule has 1 N–H and O–H groups in total. The van der Waals surface area contributed by atoms with Crippen LogP contribution in [-0.2, 0) is 0 Å². The molecule has 2 aromatic rings. The van der Waals surface area contributed by atoms with E-state index in [0.29, 0.717) is 0 Å². The summed E-state index contributed by atoms with van der Waals surface area (Å²) in [6, 6.07) is 8.44. The molecule has 0 spiro atoms. The van der Waals surface area contributed by atoms with E-state index in [1.54, 1.807) is 0 Å². The summed E-state index contributed by atoms with van der Waals surface area (Å²) in [5, 5.41) is 3.46. The maximum absolute atomic E-state index is 4.73. The number of anilines is 3. The molecule has 116 valence electrons. The largest absolute Gasteiger partial charge is 0.341 e. The first-order valence-corrected chi connectivity index (χ1v) is 8.07. The van der Waals surface area contributed by atoms with E-state index in [1.165, 1.54) is 30.4 Å². The highest BCUT2D eigenvalue weighted by molar-refractivity contribution is 5.62. The second-order valence-corrected chi connectivity index (χ2v) is 6.19. The summed E-state index contributed by atoms with van der Waals surface area (Å²) in [7, 11) is 0. The Morgan fingerprint density at radius 2 is 1.73 bits per heavy atom. The van der Waals surface area contributed by atoms with E-state index in [4.69, 9.17) is 4.98 Å². The molecule has 0 atom stereocenters. The number of aryl methyl sites for hydroxylation is 3. The maximum Gasteiger partial charge on any atom is 0.227 e. The van der Waals surface area contributed by atoms with Gasteiger partial charge in [-0.3, -0.25) is 0 Å². The zero-order valence-corrected chi connectivity index (χ0v) is 13.7. The molecule has 0 bridgehead atoms. The lowest BCUT2D eigenvalue weighted by atomic mass is 10.1. The Morgan fingerprint density at radius 1 is 0.955 bits per heavy atom. The van der Waals surface area contributed by atoms with Crippen LogP contribution in [0.15, 0.2) is 24.3 Å². The van der Waals surface area contributed by atoms with Crippen LogP contribution in [0, 0.1) is 20.8 Å². The Labute approximate surface area is 132 Å². The lowest BCUT2D eigenvalue weighted by Crippen LogP contribution is -2.31. The van der Waals surface area contributed by atoms with Crippen LogP contribution in [0.2, 0.25) is 0 Å². The van der Waals surface area contributed by atoms with Crippen LogP contribution < -0.4 is 10.2 Å². The van der Waals surface area contributed by atoms with E-state index in [-0.39, 0.29) is 0 Å². The lowest BCUT2D eigenvalue weighted by molar-refractivity contribution is 0.568. The number of piperidine rings is 1. The quantitative estimate of drug-likeness (QED) is 0.924. The van der Waals surface area contributed by atoms with Crippen LogP contribution in [-0.4, -0.2) is 23.1 Å². The molecule has 0 unspecified atom stereocenters. The second-order valence-electron chi connectivity index (χ2n) is 6.19. The van der Waals surface area contributed by atoms with Crippen molar-refractivity contribution in [3.8, 4) is 0 Å². The van der Waals surface area contributed by atoms with Crippen molar-refractivity contribution in [2.45, 2.75) is 40.0 Å². The van der Waals surface area contributed by atoms with Crippen molar-refractivity contribution in [1.29, 1.82) is 0 Å². The molecule has 0 amide bonds. The van der Waals surface area contributed by atoms with Crippen LogP contribution >= 0.6 is 0 Å². The summed E-state index contributed by atoms with van der Waals surface area (Å²) in [5.74, 6) is 1.73. The van der Waals surface area contributed by atoms with Gasteiger partial charge in [-0.15, -0.1) is 0 Å². The molecule has 22 heavy (non-hydrogen) atoms. The molecule has 1 aliphatic heterocycles. The summed E-state index contributed by atoms with van der Waals surface area (Å²) in [6.45, 7) is 8.37. The molecule has 1 aliphatic rings. The zero-order valence-electron chi connectivity index (χ0n) is 13.7. The number of nitrogens with zero attached hydrogens (tertiary/aromatic N) is 3. The van der Waals surface area contributed by atoms with Gasteiger partial charge < -0.3 is 10.2 Å². The Bertz CT molecular complexity index is 660. The summed E-state index contributed by atoms with van der Waals surface area (Å²) in [5.41, 5.74) is 4.59. The molecule has 1 aromatic carbocycles. The summed E-state index contributed by atoms with van der Waals surface area (Å²) >= 11 is 0. The van der Waals surface area contributed by atoms with Crippen molar-refractivity contribution in [3.63, 3.8) is 0 Å². The molecule has 4 nitrogen and oxygen atoms in total. The van der Waals surface area contributed by atoms with E-state index >= 15 is 0 Å². The van der Waals surface area contributed by atoms with E-state index in [2.05, 4.69) is 47.2 Å². The van der Waals surface area contributed by atoms with Crippen molar-refractivity contribution in [1.82, 2.24) is 9.97 Å². The fraction of sp³-hybridized carbons (Fsp3) is 0.444. The number of aromatic nitrogens is 2. The van der Waals surface area contributed by atoms with Crippen molar-refractivity contribution in [2.24, 2.45) is 0 Å². The Hall–Kier alpha value is -2.10. The highest BCUT2D eigenvalue weighted by atomic mass is 15.3. The van der Waals surface area contributed by atoms with Gasteiger partial charge in [-0.2, -0.15) is 4.98 Å². The lowest BCUT2D eigenvalue weighted by Gasteiger charge is -2.27. The first-order valence-electron chi connectivity index (χ1n) is 8.07. The normalized spacial score (nSPS) is 15.0. The molecule has 3 rings (SSSR count). The summed E-state index contributed by atoms with van der Waals surface area (Å²) in [4.78, 5) is 11.6. The van der Waals surface area contributed by atoms with Gasteiger partial charge in [0, 0.05) is 30.5 Å².